The van der Waals surface area contributed by atoms with Gasteiger partial charge in [-0.3, -0.25) is 0 Å². The van der Waals surface area contributed by atoms with Crippen LogP contribution in [0.15, 0.2) is 114 Å². The number of aromatic nitrogens is 3. The summed E-state index contributed by atoms with van der Waals surface area (Å²) in [6, 6.07) is 33.3. The van der Waals surface area contributed by atoms with Crippen molar-refractivity contribution < 1.29 is 8.42 Å². The molecule has 6 nitrogen and oxygen atoms in total. The molecule has 0 N–H and O–H groups in total. The third-order valence-corrected chi connectivity index (χ3v) is 7.94. The Kier molecular flexibility index (Phi) is 7.08. The van der Waals surface area contributed by atoms with E-state index in [0.717, 1.165) is 22.3 Å². The number of hydrogen-bond donors (Lipinski definition) is 0. The predicted molar refractivity (Wildman–Crippen MR) is 147 cm³/mol. The van der Waals surface area contributed by atoms with E-state index in [1.807, 2.05) is 79.7 Å². The Balaban J connectivity index is 1.67. The Bertz CT molecular complexity index is 1590. The number of sulfonamides is 1. The second-order valence-corrected chi connectivity index (χ2v) is 11.0. The number of anilines is 1. The fraction of sp³-hybridized carbons (Fsp3) is 0.103. The molecule has 0 fully saturated rings. The van der Waals surface area contributed by atoms with Gasteiger partial charge in [-0.05, 0) is 42.3 Å². The van der Waals surface area contributed by atoms with Crippen LogP contribution in [0.1, 0.15) is 16.7 Å². The maximum Gasteiger partial charge on any atom is 0.265 e. The minimum absolute atomic E-state index is 0.0989. The quantitative estimate of drug-likeness (QED) is 0.235. The SMILES string of the molecule is Cc1ccc(S(=O)(=O)N(Cc2ccccc2)c2nn(Cc3ccccc3)nc2-c2ccc(Cl)cc2)cc1. The summed E-state index contributed by atoms with van der Waals surface area (Å²) < 4.78 is 29.5. The summed E-state index contributed by atoms with van der Waals surface area (Å²) in [5, 5.41) is 10.1. The Morgan fingerprint density at radius 1 is 0.757 bits per heavy atom. The molecule has 5 aromatic rings. The molecule has 0 radical (unpaired) electrons. The van der Waals surface area contributed by atoms with Crippen LogP contribution < -0.4 is 4.31 Å². The summed E-state index contributed by atoms with van der Waals surface area (Å²) in [6.07, 6.45) is 0. The Morgan fingerprint density at radius 3 is 1.97 bits per heavy atom. The molecule has 0 aliphatic carbocycles. The lowest BCUT2D eigenvalue weighted by molar-refractivity contribution is 0.582. The molecular formula is C29H25ClN4O2S. The van der Waals surface area contributed by atoms with Crippen LogP contribution in [0, 0.1) is 6.92 Å². The summed E-state index contributed by atoms with van der Waals surface area (Å²) in [4.78, 5) is 1.73. The van der Waals surface area contributed by atoms with Crippen molar-refractivity contribution in [2.24, 2.45) is 0 Å². The highest BCUT2D eigenvalue weighted by molar-refractivity contribution is 7.92. The fourth-order valence-corrected chi connectivity index (χ4v) is 5.51. The van der Waals surface area contributed by atoms with Crippen molar-refractivity contribution in [3.8, 4) is 11.3 Å². The molecule has 186 valence electrons. The van der Waals surface area contributed by atoms with Gasteiger partial charge >= 0.3 is 0 Å². The Hall–Kier alpha value is -3.94. The zero-order chi connectivity index (χ0) is 25.8. The van der Waals surface area contributed by atoms with E-state index < -0.39 is 10.0 Å². The van der Waals surface area contributed by atoms with Crippen molar-refractivity contribution in [1.29, 1.82) is 0 Å². The number of nitrogens with zero attached hydrogens (tertiary/aromatic N) is 4. The van der Waals surface area contributed by atoms with Crippen molar-refractivity contribution in [3.63, 3.8) is 0 Å². The van der Waals surface area contributed by atoms with E-state index in [-0.39, 0.29) is 17.3 Å². The minimum Gasteiger partial charge on any atom is -0.242 e. The van der Waals surface area contributed by atoms with Crippen LogP contribution in [0.4, 0.5) is 5.82 Å². The van der Waals surface area contributed by atoms with E-state index in [1.54, 1.807) is 36.4 Å². The minimum atomic E-state index is -3.98. The second kappa shape index (κ2) is 10.6. The van der Waals surface area contributed by atoms with Gasteiger partial charge in [-0.1, -0.05) is 102 Å². The van der Waals surface area contributed by atoms with Crippen LogP contribution in [0.5, 0.6) is 0 Å². The van der Waals surface area contributed by atoms with Gasteiger partial charge in [-0.25, -0.2) is 12.7 Å². The van der Waals surface area contributed by atoms with E-state index in [2.05, 4.69) is 0 Å². The van der Waals surface area contributed by atoms with Crippen LogP contribution in [-0.2, 0) is 23.1 Å². The summed E-state index contributed by atoms with van der Waals surface area (Å²) in [7, 11) is -3.98. The summed E-state index contributed by atoms with van der Waals surface area (Å²) >= 11 is 6.14. The predicted octanol–water partition coefficient (Wildman–Crippen LogP) is 6.35. The summed E-state index contributed by atoms with van der Waals surface area (Å²) in [6.45, 7) is 2.42. The molecule has 0 saturated heterocycles. The molecule has 0 amide bonds. The van der Waals surface area contributed by atoms with Gasteiger partial charge in [0.05, 0.1) is 18.0 Å². The lowest BCUT2D eigenvalue weighted by atomic mass is 10.1. The number of aryl methyl sites for hydroxylation is 1. The molecule has 5 rings (SSSR count). The molecule has 0 spiro atoms. The molecule has 0 atom stereocenters. The first-order valence-electron chi connectivity index (χ1n) is 11.8. The van der Waals surface area contributed by atoms with Gasteiger partial charge in [0.2, 0.25) is 0 Å². The Morgan fingerprint density at radius 2 is 1.35 bits per heavy atom. The van der Waals surface area contributed by atoms with Gasteiger partial charge in [0, 0.05) is 10.6 Å². The third-order valence-electron chi connectivity index (χ3n) is 5.94. The van der Waals surface area contributed by atoms with E-state index in [4.69, 9.17) is 21.8 Å². The maximum absolute atomic E-state index is 14.1. The molecule has 0 bridgehead atoms. The van der Waals surface area contributed by atoms with Gasteiger partial charge in [0.25, 0.3) is 10.0 Å². The zero-order valence-corrected chi connectivity index (χ0v) is 21.8. The molecule has 8 heteroatoms. The van der Waals surface area contributed by atoms with Crippen molar-refractivity contribution in [2.75, 3.05) is 4.31 Å². The Labute approximate surface area is 221 Å². The topological polar surface area (TPSA) is 68.1 Å². The lowest BCUT2D eigenvalue weighted by Crippen LogP contribution is -2.31. The van der Waals surface area contributed by atoms with Crippen LogP contribution in [0.2, 0.25) is 5.02 Å². The largest absolute Gasteiger partial charge is 0.265 e. The van der Waals surface area contributed by atoms with Crippen molar-refractivity contribution in [1.82, 2.24) is 15.0 Å². The highest BCUT2D eigenvalue weighted by atomic mass is 35.5. The van der Waals surface area contributed by atoms with Crippen LogP contribution in [0.3, 0.4) is 0 Å². The molecule has 1 aromatic heterocycles. The lowest BCUT2D eigenvalue weighted by Gasteiger charge is -2.23. The molecular weight excluding hydrogens is 504 g/mol. The van der Waals surface area contributed by atoms with Crippen molar-refractivity contribution >= 4 is 27.4 Å². The molecule has 1 heterocycles. The fourth-order valence-electron chi connectivity index (χ4n) is 3.98. The average molecular weight is 529 g/mol. The average Bonchev–Trinajstić information content (AvgIpc) is 3.32. The second-order valence-electron chi connectivity index (χ2n) is 8.71. The van der Waals surface area contributed by atoms with E-state index >= 15 is 0 Å². The molecule has 0 unspecified atom stereocenters. The first-order valence-corrected chi connectivity index (χ1v) is 13.6. The molecule has 0 aliphatic rings. The van der Waals surface area contributed by atoms with Crippen molar-refractivity contribution in [2.45, 2.75) is 24.9 Å². The highest BCUT2D eigenvalue weighted by Gasteiger charge is 2.31. The molecule has 37 heavy (non-hydrogen) atoms. The number of benzene rings is 4. The monoisotopic (exact) mass is 528 g/mol. The number of hydrogen-bond acceptors (Lipinski definition) is 4. The summed E-state index contributed by atoms with van der Waals surface area (Å²) in [5.74, 6) is 0.252. The molecule has 4 aromatic carbocycles. The molecule has 0 saturated carbocycles. The van der Waals surface area contributed by atoms with E-state index in [9.17, 15) is 8.42 Å². The van der Waals surface area contributed by atoms with Crippen molar-refractivity contribution in [3.05, 3.63) is 131 Å². The maximum atomic E-state index is 14.1. The van der Waals surface area contributed by atoms with Crippen LogP contribution in [-0.4, -0.2) is 23.4 Å². The number of rotatable bonds is 8. The standard InChI is InChI=1S/C29H25ClN4O2S/c1-22-12-18-27(19-13-22)37(35,36)33(20-23-8-4-2-5-9-23)29-28(25-14-16-26(30)17-15-25)31-34(32-29)21-24-10-6-3-7-11-24/h2-19H,20-21H2,1H3. The molecule has 0 aliphatic heterocycles. The third kappa shape index (κ3) is 5.58. The van der Waals surface area contributed by atoms with E-state index in [1.165, 1.54) is 9.10 Å². The first-order chi connectivity index (χ1) is 17.9. The summed E-state index contributed by atoms with van der Waals surface area (Å²) in [5.41, 5.74) is 3.99. The van der Waals surface area contributed by atoms with Gasteiger partial charge < -0.3 is 0 Å². The van der Waals surface area contributed by atoms with Gasteiger partial charge in [0.15, 0.2) is 5.82 Å². The first kappa shape index (κ1) is 24.7. The van der Waals surface area contributed by atoms with Gasteiger partial charge in [-0.2, -0.15) is 9.90 Å². The van der Waals surface area contributed by atoms with Gasteiger partial charge in [-0.15, -0.1) is 5.10 Å². The highest BCUT2D eigenvalue weighted by Crippen LogP contribution is 2.33. The van der Waals surface area contributed by atoms with Gasteiger partial charge in [0.1, 0.15) is 5.69 Å². The number of halogens is 1. The van der Waals surface area contributed by atoms with Crippen LogP contribution in [0.25, 0.3) is 11.3 Å². The zero-order valence-electron chi connectivity index (χ0n) is 20.2. The normalized spacial score (nSPS) is 11.4. The van der Waals surface area contributed by atoms with E-state index in [0.29, 0.717) is 17.3 Å². The smallest absolute Gasteiger partial charge is 0.242 e. The van der Waals surface area contributed by atoms with Crippen LogP contribution >= 0.6 is 11.6 Å².